The van der Waals surface area contributed by atoms with Crippen LogP contribution in [-0.4, -0.2) is 29.4 Å². The Labute approximate surface area is 211 Å². The molecule has 0 heterocycles. The molecule has 0 aromatic heterocycles. The third-order valence-corrected chi connectivity index (χ3v) is 10.2. The van der Waals surface area contributed by atoms with Gasteiger partial charge in [0.2, 0.25) is 0 Å². The largest absolute Gasteiger partial charge is 0.458 e. The number of Topliss-reactive ketones (excluding diaryl/α,β-unsaturated/α-hetero) is 1. The molecule has 0 N–H and O–H groups in total. The van der Waals surface area contributed by atoms with Crippen molar-refractivity contribution in [1.29, 1.82) is 0 Å². The number of fused-ring (bicyclic) bond motifs is 5. The summed E-state index contributed by atoms with van der Waals surface area (Å²) in [6.07, 6.45) is 13.0. The van der Waals surface area contributed by atoms with Crippen LogP contribution in [0.3, 0.4) is 0 Å². The molecule has 4 rings (SSSR count). The lowest BCUT2D eigenvalue weighted by molar-refractivity contribution is -0.187. The van der Waals surface area contributed by atoms with E-state index in [0.717, 1.165) is 51.4 Å². The lowest BCUT2D eigenvalue weighted by atomic mass is 9.47. The van der Waals surface area contributed by atoms with E-state index in [0.29, 0.717) is 30.6 Å². The molecule has 0 bridgehead atoms. The van der Waals surface area contributed by atoms with Crippen LogP contribution >= 0.6 is 0 Å². The van der Waals surface area contributed by atoms with Gasteiger partial charge in [-0.3, -0.25) is 14.4 Å². The monoisotopic (exact) mass is 484 g/mol. The molecule has 0 radical (unpaired) electrons. The number of esters is 2. The van der Waals surface area contributed by atoms with Crippen LogP contribution in [0.25, 0.3) is 0 Å². The van der Waals surface area contributed by atoms with E-state index in [4.69, 9.17) is 9.47 Å². The molecule has 4 aliphatic rings. The highest BCUT2D eigenvalue weighted by atomic mass is 16.6. The Balaban J connectivity index is 1.64. The van der Waals surface area contributed by atoms with Crippen molar-refractivity contribution < 1.29 is 23.9 Å². The van der Waals surface area contributed by atoms with Gasteiger partial charge < -0.3 is 9.47 Å². The number of hydrogen-bond acceptors (Lipinski definition) is 5. The standard InChI is InChI=1S/C30H44O5/c1-7-8-9-10-27(33)35-30(20(3)31)16-13-25-23-17-19(2)26-18-22(34-21(4)32)11-14-28(26,5)24(23)12-15-29(25,30)6/h17-18,22-25H,7-16H2,1-6H3/t22-,23+,24-,25-,28-,29+,30+/m1/s1. The third kappa shape index (κ3) is 4.21. The van der Waals surface area contributed by atoms with Gasteiger partial charge in [-0.25, -0.2) is 0 Å². The van der Waals surface area contributed by atoms with Crippen molar-refractivity contribution in [2.75, 3.05) is 0 Å². The zero-order valence-electron chi connectivity index (χ0n) is 22.6. The first-order valence-electron chi connectivity index (χ1n) is 13.8. The molecule has 35 heavy (non-hydrogen) atoms. The Morgan fingerprint density at radius 1 is 0.971 bits per heavy atom. The zero-order valence-corrected chi connectivity index (χ0v) is 22.6. The molecule has 2 saturated carbocycles. The molecule has 5 heteroatoms. The van der Waals surface area contributed by atoms with Crippen LogP contribution in [0.1, 0.15) is 106 Å². The molecule has 5 nitrogen and oxygen atoms in total. The molecular weight excluding hydrogens is 440 g/mol. The normalized spacial score (nSPS) is 39.9. The molecule has 0 saturated heterocycles. The van der Waals surface area contributed by atoms with Crippen molar-refractivity contribution in [3.8, 4) is 0 Å². The number of unbranched alkanes of at least 4 members (excludes halogenated alkanes) is 2. The minimum atomic E-state index is -1.00. The number of rotatable bonds is 7. The number of carbonyl (C=O) groups excluding carboxylic acids is 3. The van der Waals surface area contributed by atoms with E-state index in [1.807, 2.05) is 0 Å². The Kier molecular flexibility index (Phi) is 7.11. The SMILES string of the molecule is CCCCCC(=O)O[C@]1(C(C)=O)CC[C@@H]2[C@H]3C=C(C)C4=C[C@H](OC(C)=O)CC[C@]4(C)[C@@H]3CC[C@@]21C. The van der Waals surface area contributed by atoms with Crippen molar-refractivity contribution in [2.45, 2.75) is 117 Å². The minimum Gasteiger partial charge on any atom is -0.458 e. The predicted molar refractivity (Wildman–Crippen MR) is 135 cm³/mol. The van der Waals surface area contributed by atoms with Crippen molar-refractivity contribution in [3.05, 3.63) is 23.3 Å². The van der Waals surface area contributed by atoms with E-state index in [-0.39, 0.29) is 34.7 Å². The van der Waals surface area contributed by atoms with E-state index in [1.165, 1.54) is 18.1 Å². The maximum absolute atomic E-state index is 13.2. The Bertz CT molecular complexity index is 946. The Hall–Kier alpha value is -1.91. The molecule has 2 fully saturated rings. The van der Waals surface area contributed by atoms with Crippen LogP contribution in [-0.2, 0) is 23.9 Å². The van der Waals surface area contributed by atoms with Crippen molar-refractivity contribution in [1.82, 2.24) is 0 Å². The molecule has 194 valence electrons. The van der Waals surface area contributed by atoms with E-state index >= 15 is 0 Å². The first kappa shape index (κ1) is 26.2. The molecule has 0 amide bonds. The van der Waals surface area contributed by atoms with E-state index in [1.54, 1.807) is 6.92 Å². The van der Waals surface area contributed by atoms with Crippen LogP contribution in [0, 0.1) is 28.6 Å². The van der Waals surface area contributed by atoms with Gasteiger partial charge in [0.15, 0.2) is 11.4 Å². The molecule has 4 aliphatic carbocycles. The summed E-state index contributed by atoms with van der Waals surface area (Å²) in [7, 11) is 0. The van der Waals surface area contributed by atoms with Crippen molar-refractivity contribution >= 4 is 17.7 Å². The number of ether oxygens (including phenoxy) is 2. The summed E-state index contributed by atoms with van der Waals surface area (Å²) in [4.78, 5) is 37.6. The first-order chi connectivity index (χ1) is 16.5. The maximum Gasteiger partial charge on any atom is 0.306 e. The van der Waals surface area contributed by atoms with Crippen LogP contribution in [0.4, 0.5) is 0 Å². The van der Waals surface area contributed by atoms with E-state index in [9.17, 15) is 14.4 Å². The molecule has 0 unspecified atom stereocenters. The smallest absolute Gasteiger partial charge is 0.306 e. The summed E-state index contributed by atoms with van der Waals surface area (Å²) in [5.41, 5.74) is 1.30. The van der Waals surface area contributed by atoms with Crippen LogP contribution in [0.2, 0.25) is 0 Å². The predicted octanol–water partition coefficient (Wildman–Crippen LogP) is 6.50. The summed E-state index contributed by atoms with van der Waals surface area (Å²) in [6, 6.07) is 0. The lowest BCUT2D eigenvalue weighted by Gasteiger charge is -2.58. The maximum atomic E-state index is 13.2. The van der Waals surface area contributed by atoms with Gasteiger partial charge in [0, 0.05) is 18.8 Å². The van der Waals surface area contributed by atoms with E-state index in [2.05, 4.69) is 39.8 Å². The Morgan fingerprint density at radius 3 is 2.34 bits per heavy atom. The highest BCUT2D eigenvalue weighted by Gasteiger charge is 2.67. The topological polar surface area (TPSA) is 69.7 Å². The van der Waals surface area contributed by atoms with Gasteiger partial charge in [0.1, 0.15) is 6.10 Å². The molecular formula is C30H44O5. The number of hydrogen-bond donors (Lipinski definition) is 0. The molecule has 7 atom stereocenters. The second-order valence-corrected chi connectivity index (χ2v) is 12.1. The number of allylic oxidation sites excluding steroid dienone is 3. The second kappa shape index (κ2) is 9.52. The van der Waals surface area contributed by atoms with Gasteiger partial charge in [0.05, 0.1) is 0 Å². The average molecular weight is 485 g/mol. The van der Waals surface area contributed by atoms with Crippen LogP contribution in [0.15, 0.2) is 23.3 Å². The van der Waals surface area contributed by atoms with Gasteiger partial charge in [-0.15, -0.1) is 0 Å². The number of ketones is 1. The molecule has 0 aromatic rings. The summed E-state index contributed by atoms with van der Waals surface area (Å²) in [6.45, 7) is 12.0. The average Bonchev–Trinajstić information content (AvgIpc) is 3.08. The highest BCUT2D eigenvalue weighted by Crippen LogP contribution is 2.68. The van der Waals surface area contributed by atoms with Crippen LogP contribution in [0.5, 0.6) is 0 Å². The van der Waals surface area contributed by atoms with Gasteiger partial charge in [-0.1, -0.05) is 45.3 Å². The summed E-state index contributed by atoms with van der Waals surface area (Å²) in [5, 5.41) is 0. The molecule has 0 aliphatic heterocycles. The quantitative estimate of drug-likeness (QED) is 0.305. The molecule has 0 spiro atoms. The van der Waals surface area contributed by atoms with Gasteiger partial charge in [-0.2, -0.15) is 0 Å². The van der Waals surface area contributed by atoms with Gasteiger partial charge in [-0.05, 0) is 93.6 Å². The van der Waals surface area contributed by atoms with Crippen molar-refractivity contribution in [3.63, 3.8) is 0 Å². The second-order valence-electron chi connectivity index (χ2n) is 12.1. The van der Waals surface area contributed by atoms with Gasteiger partial charge >= 0.3 is 11.9 Å². The fourth-order valence-corrected chi connectivity index (χ4v) is 8.44. The fraction of sp³-hybridized carbons (Fsp3) is 0.767. The van der Waals surface area contributed by atoms with Crippen molar-refractivity contribution in [2.24, 2.45) is 28.6 Å². The highest BCUT2D eigenvalue weighted by molar-refractivity contribution is 5.89. The molecule has 0 aromatic carbocycles. The fourth-order valence-electron chi connectivity index (χ4n) is 8.44. The summed E-state index contributed by atoms with van der Waals surface area (Å²) >= 11 is 0. The van der Waals surface area contributed by atoms with E-state index < -0.39 is 5.60 Å². The number of carbonyl (C=O) groups is 3. The zero-order chi connectivity index (χ0) is 25.6. The third-order valence-electron chi connectivity index (χ3n) is 10.2. The Morgan fingerprint density at radius 2 is 1.69 bits per heavy atom. The first-order valence-corrected chi connectivity index (χ1v) is 13.8. The minimum absolute atomic E-state index is 0.00925. The summed E-state index contributed by atoms with van der Waals surface area (Å²) < 4.78 is 11.8. The summed E-state index contributed by atoms with van der Waals surface area (Å²) in [5.74, 6) is 0.727. The van der Waals surface area contributed by atoms with Crippen LogP contribution < -0.4 is 0 Å². The van der Waals surface area contributed by atoms with Gasteiger partial charge in [0.25, 0.3) is 0 Å². The lowest BCUT2D eigenvalue weighted by Crippen LogP contribution is -2.58.